The van der Waals surface area contributed by atoms with Gasteiger partial charge in [-0.3, -0.25) is 9.59 Å². The number of methoxy groups -OCH3 is 1. The van der Waals surface area contributed by atoms with E-state index < -0.39 is 17.4 Å². The van der Waals surface area contributed by atoms with E-state index in [1.807, 2.05) is 0 Å². The van der Waals surface area contributed by atoms with Gasteiger partial charge in [-0.15, -0.1) is 0 Å². The first-order chi connectivity index (χ1) is 6.90. The zero-order valence-electron chi connectivity index (χ0n) is 9.20. The first-order valence-electron chi connectivity index (χ1n) is 4.72. The van der Waals surface area contributed by atoms with E-state index in [2.05, 4.69) is 4.74 Å². The van der Waals surface area contributed by atoms with Crippen LogP contribution in [0.15, 0.2) is 0 Å². The van der Waals surface area contributed by atoms with Crippen LogP contribution >= 0.6 is 0 Å². The van der Waals surface area contributed by atoms with E-state index in [0.717, 1.165) is 7.11 Å². The number of hydrogen-bond acceptors (Lipinski definition) is 4. The highest BCUT2D eigenvalue weighted by atomic mass is 16.5. The van der Waals surface area contributed by atoms with Crippen molar-refractivity contribution >= 4 is 17.7 Å². The maximum atomic E-state index is 11.4. The van der Waals surface area contributed by atoms with Crippen molar-refractivity contribution in [3.8, 4) is 0 Å². The summed E-state index contributed by atoms with van der Waals surface area (Å²) in [7, 11) is 1.14. The van der Waals surface area contributed by atoms with Crippen molar-refractivity contribution in [3.05, 3.63) is 0 Å². The monoisotopic (exact) mass is 216 g/mol. The van der Waals surface area contributed by atoms with Crippen LogP contribution in [0.5, 0.6) is 0 Å². The number of carboxylic acid groups (broad SMARTS) is 1. The number of carbonyl (C=O) groups is 3. The fourth-order valence-electron chi connectivity index (χ4n) is 1.35. The Hall–Kier alpha value is -1.39. The number of ketones is 1. The second-order valence-electron chi connectivity index (χ2n) is 3.43. The van der Waals surface area contributed by atoms with Gasteiger partial charge in [-0.2, -0.15) is 0 Å². The lowest BCUT2D eigenvalue weighted by Gasteiger charge is -2.24. The highest BCUT2D eigenvalue weighted by Crippen LogP contribution is 2.30. The molecule has 0 saturated carbocycles. The highest BCUT2D eigenvalue weighted by Gasteiger charge is 2.45. The average Bonchev–Trinajstić information content (AvgIpc) is 2.18. The summed E-state index contributed by atoms with van der Waals surface area (Å²) < 4.78 is 4.47. The van der Waals surface area contributed by atoms with Crippen LogP contribution in [0.2, 0.25) is 0 Å². The molecule has 5 heteroatoms. The molecule has 0 aromatic carbocycles. The molecule has 0 rings (SSSR count). The SMILES string of the molecule is CC[C@@](CCC(C)=O)(C(=O)O)C(=O)OC. The number of hydrogen-bond donors (Lipinski definition) is 1. The quantitative estimate of drug-likeness (QED) is 0.529. The Balaban J connectivity index is 4.90. The third-order valence-corrected chi connectivity index (χ3v) is 2.49. The number of ether oxygens (including phenoxy) is 1. The van der Waals surface area contributed by atoms with Gasteiger partial charge in [-0.1, -0.05) is 6.92 Å². The van der Waals surface area contributed by atoms with Crippen LogP contribution in [0.3, 0.4) is 0 Å². The van der Waals surface area contributed by atoms with Crippen molar-refractivity contribution in [3.63, 3.8) is 0 Å². The third-order valence-electron chi connectivity index (χ3n) is 2.49. The van der Waals surface area contributed by atoms with E-state index >= 15 is 0 Å². The van der Waals surface area contributed by atoms with E-state index in [0.29, 0.717) is 0 Å². The molecule has 1 N–H and O–H groups in total. The van der Waals surface area contributed by atoms with Gasteiger partial charge in [0.2, 0.25) is 0 Å². The predicted octanol–water partition coefficient (Wildman–Crippen LogP) is 1.01. The van der Waals surface area contributed by atoms with Crippen molar-refractivity contribution in [2.45, 2.75) is 33.1 Å². The lowest BCUT2D eigenvalue weighted by atomic mass is 9.80. The fourth-order valence-corrected chi connectivity index (χ4v) is 1.35. The molecule has 0 aliphatic carbocycles. The highest BCUT2D eigenvalue weighted by molar-refractivity contribution is 5.99. The summed E-state index contributed by atoms with van der Waals surface area (Å²) in [5, 5.41) is 9.03. The molecule has 0 spiro atoms. The Bertz CT molecular complexity index is 271. The van der Waals surface area contributed by atoms with Gasteiger partial charge in [0.1, 0.15) is 5.78 Å². The molecule has 15 heavy (non-hydrogen) atoms. The molecule has 0 bridgehead atoms. The van der Waals surface area contributed by atoms with E-state index in [4.69, 9.17) is 5.11 Å². The summed E-state index contributed by atoms with van der Waals surface area (Å²) in [6.07, 6.45) is 0.165. The van der Waals surface area contributed by atoms with E-state index in [1.165, 1.54) is 6.92 Å². The maximum Gasteiger partial charge on any atom is 0.323 e. The zero-order valence-corrected chi connectivity index (χ0v) is 9.20. The molecule has 0 amide bonds. The van der Waals surface area contributed by atoms with Gasteiger partial charge in [0.25, 0.3) is 0 Å². The van der Waals surface area contributed by atoms with Crippen LogP contribution in [0, 0.1) is 5.41 Å². The topological polar surface area (TPSA) is 80.7 Å². The largest absolute Gasteiger partial charge is 0.480 e. The Morgan fingerprint density at radius 2 is 1.87 bits per heavy atom. The van der Waals surface area contributed by atoms with Crippen LogP contribution in [0.25, 0.3) is 0 Å². The number of carbonyl (C=O) groups excluding carboxylic acids is 2. The number of aliphatic carboxylic acids is 1. The van der Waals surface area contributed by atoms with Crippen LogP contribution in [0.4, 0.5) is 0 Å². The lowest BCUT2D eigenvalue weighted by molar-refractivity contribution is -0.168. The molecular weight excluding hydrogens is 200 g/mol. The molecule has 0 saturated heterocycles. The van der Waals surface area contributed by atoms with Crippen molar-refractivity contribution in [1.82, 2.24) is 0 Å². The zero-order chi connectivity index (χ0) is 12.1. The molecule has 1 atom stereocenters. The second-order valence-corrected chi connectivity index (χ2v) is 3.43. The smallest absolute Gasteiger partial charge is 0.323 e. The van der Waals surface area contributed by atoms with Gasteiger partial charge in [0, 0.05) is 6.42 Å². The molecule has 0 aliphatic rings. The molecule has 0 radical (unpaired) electrons. The molecule has 5 nitrogen and oxygen atoms in total. The number of rotatable bonds is 6. The fraction of sp³-hybridized carbons (Fsp3) is 0.700. The normalized spacial score (nSPS) is 14.1. The number of carboxylic acids is 1. The van der Waals surface area contributed by atoms with Gasteiger partial charge < -0.3 is 14.6 Å². The first kappa shape index (κ1) is 13.6. The summed E-state index contributed by atoms with van der Waals surface area (Å²) in [6, 6.07) is 0. The Kier molecular flexibility index (Phi) is 4.97. The lowest BCUT2D eigenvalue weighted by Crippen LogP contribution is -2.40. The van der Waals surface area contributed by atoms with Gasteiger partial charge >= 0.3 is 11.9 Å². The molecule has 0 unspecified atom stereocenters. The predicted molar refractivity (Wildman–Crippen MR) is 52.3 cm³/mol. The number of esters is 1. The molecule has 0 aromatic rings. The van der Waals surface area contributed by atoms with Crippen molar-refractivity contribution in [1.29, 1.82) is 0 Å². The minimum absolute atomic E-state index is 0.0131. The van der Waals surface area contributed by atoms with Crippen molar-refractivity contribution in [2.75, 3.05) is 7.11 Å². The van der Waals surface area contributed by atoms with Crippen LogP contribution < -0.4 is 0 Å². The van der Waals surface area contributed by atoms with Crippen LogP contribution in [0.1, 0.15) is 33.1 Å². The summed E-state index contributed by atoms with van der Waals surface area (Å²) >= 11 is 0. The standard InChI is InChI=1S/C10H16O5/c1-4-10(8(12)13,9(14)15-3)6-5-7(2)11/h4-6H2,1-3H3,(H,12,13)/t10-/m1/s1. The summed E-state index contributed by atoms with van der Waals surface area (Å²) in [4.78, 5) is 33.3. The summed E-state index contributed by atoms with van der Waals surface area (Å²) in [5.41, 5.74) is -1.58. The summed E-state index contributed by atoms with van der Waals surface area (Å²) in [6.45, 7) is 2.95. The van der Waals surface area contributed by atoms with Gasteiger partial charge in [-0.05, 0) is 19.8 Å². The molecular formula is C10H16O5. The minimum Gasteiger partial charge on any atom is -0.480 e. The minimum atomic E-state index is -1.58. The molecule has 0 aliphatic heterocycles. The van der Waals surface area contributed by atoms with Crippen LogP contribution in [-0.2, 0) is 19.1 Å². The van der Waals surface area contributed by atoms with Crippen LogP contribution in [-0.4, -0.2) is 29.9 Å². The Labute approximate surface area is 88.4 Å². The molecule has 86 valence electrons. The third kappa shape index (κ3) is 3.04. The van der Waals surface area contributed by atoms with Crippen molar-refractivity contribution < 1.29 is 24.2 Å². The van der Waals surface area contributed by atoms with Gasteiger partial charge in [-0.25, -0.2) is 0 Å². The van der Waals surface area contributed by atoms with E-state index in [-0.39, 0.29) is 25.0 Å². The number of Topliss-reactive ketones (excluding diaryl/α,β-unsaturated/α-hetero) is 1. The van der Waals surface area contributed by atoms with Gasteiger partial charge in [0.05, 0.1) is 7.11 Å². The van der Waals surface area contributed by atoms with Crippen molar-refractivity contribution in [2.24, 2.45) is 5.41 Å². The first-order valence-corrected chi connectivity index (χ1v) is 4.72. The molecule has 0 heterocycles. The average molecular weight is 216 g/mol. The van der Waals surface area contributed by atoms with E-state index in [9.17, 15) is 14.4 Å². The maximum absolute atomic E-state index is 11.4. The Morgan fingerprint density at radius 3 is 2.13 bits per heavy atom. The van der Waals surface area contributed by atoms with Gasteiger partial charge in [0.15, 0.2) is 5.41 Å². The molecule has 0 fully saturated rings. The summed E-state index contributed by atoms with van der Waals surface area (Å²) in [5.74, 6) is -2.17. The van der Waals surface area contributed by atoms with E-state index in [1.54, 1.807) is 6.92 Å². The second kappa shape index (κ2) is 5.48. The molecule has 0 aromatic heterocycles. The Morgan fingerprint density at radius 1 is 1.33 bits per heavy atom.